The minimum absolute atomic E-state index is 0.00112. The van der Waals surface area contributed by atoms with Crippen LogP contribution in [0.5, 0.6) is 0 Å². The lowest BCUT2D eigenvalue weighted by Crippen LogP contribution is -2.50. The van der Waals surface area contributed by atoms with Crippen molar-refractivity contribution in [2.75, 3.05) is 40.8 Å². The van der Waals surface area contributed by atoms with Crippen LogP contribution in [0.15, 0.2) is 0 Å². The summed E-state index contributed by atoms with van der Waals surface area (Å²) in [5.74, 6) is 0.433. The lowest BCUT2D eigenvalue weighted by Gasteiger charge is -2.34. The monoisotopic (exact) mass is 227 g/mol. The summed E-state index contributed by atoms with van der Waals surface area (Å²) >= 11 is 0. The van der Waals surface area contributed by atoms with Crippen LogP contribution in [-0.2, 0) is 9.59 Å². The van der Waals surface area contributed by atoms with Crippen LogP contribution in [0.3, 0.4) is 0 Å². The van der Waals surface area contributed by atoms with Crippen molar-refractivity contribution in [2.24, 2.45) is 11.8 Å². The van der Waals surface area contributed by atoms with Gasteiger partial charge in [0.15, 0.2) is 0 Å². The summed E-state index contributed by atoms with van der Waals surface area (Å²) in [4.78, 5) is 26.4. The van der Waals surface area contributed by atoms with Crippen molar-refractivity contribution in [2.45, 2.75) is 6.92 Å². The highest BCUT2D eigenvalue weighted by atomic mass is 16.2. The second-order valence-electron chi connectivity index (χ2n) is 4.69. The number of rotatable bonds is 4. The van der Waals surface area contributed by atoms with Gasteiger partial charge in [-0.1, -0.05) is 6.92 Å². The highest BCUT2D eigenvalue weighted by Gasteiger charge is 2.30. The van der Waals surface area contributed by atoms with Gasteiger partial charge in [-0.3, -0.25) is 9.59 Å². The summed E-state index contributed by atoms with van der Waals surface area (Å²) in [6.45, 7) is 3.91. The van der Waals surface area contributed by atoms with Crippen LogP contribution in [0.2, 0.25) is 0 Å². The highest BCUT2D eigenvalue weighted by molar-refractivity contribution is 5.85. The lowest BCUT2D eigenvalue weighted by atomic mass is 9.88. The van der Waals surface area contributed by atoms with Crippen LogP contribution in [0.4, 0.5) is 0 Å². The van der Waals surface area contributed by atoms with Crippen LogP contribution in [0.1, 0.15) is 6.92 Å². The summed E-state index contributed by atoms with van der Waals surface area (Å²) in [5.41, 5.74) is 0. The molecule has 1 rings (SSSR count). The number of carbonyl (C=O) groups is 2. The van der Waals surface area contributed by atoms with Crippen molar-refractivity contribution in [3.05, 3.63) is 0 Å². The lowest BCUT2D eigenvalue weighted by molar-refractivity contribution is -0.141. The molecule has 1 aliphatic heterocycles. The normalized spacial score (nSPS) is 17.5. The van der Waals surface area contributed by atoms with Crippen LogP contribution >= 0.6 is 0 Å². The zero-order valence-corrected chi connectivity index (χ0v) is 10.5. The Bertz CT molecular complexity index is 274. The second kappa shape index (κ2) is 5.30. The maximum atomic E-state index is 12.0. The van der Waals surface area contributed by atoms with E-state index in [0.717, 1.165) is 13.1 Å². The first-order valence-corrected chi connectivity index (χ1v) is 5.59. The molecule has 1 saturated heterocycles. The molecule has 0 aliphatic carbocycles. The van der Waals surface area contributed by atoms with E-state index in [2.05, 4.69) is 5.32 Å². The number of hydrogen-bond donors (Lipinski definition) is 1. The van der Waals surface area contributed by atoms with Gasteiger partial charge in [0.25, 0.3) is 0 Å². The van der Waals surface area contributed by atoms with Gasteiger partial charge < -0.3 is 15.1 Å². The van der Waals surface area contributed by atoms with E-state index in [4.69, 9.17) is 0 Å². The first kappa shape index (κ1) is 13.0. The predicted molar refractivity (Wildman–Crippen MR) is 61.9 cm³/mol. The Hall–Kier alpha value is -1.10. The van der Waals surface area contributed by atoms with E-state index < -0.39 is 0 Å². The van der Waals surface area contributed by atoms with Gasteiger partial charge in [-0.15, -0.1) is 0 Å². The zero-order valence-electron chi connectivity index (χ0n) is 10.5. The van der Waals surface area contributed by atoms with Crippen LogP contribution < -0.4 is 5.32 Å². The molecule has 0 saturated carbocycles. The van der Waals surface area contributed by atoms with E-state index in [9.17, 15) is 9.59 Å². The molecule has 2 amide bonds. The molecule has 5 heteroatoms. The van der Waals surface area contributed by atoms with Crippen molar-refractivity contribution < 1.29 is 9.59 Å². The number of likely N-dealkylation sites (N-methyl/N-ethyl adjacent to an activating group) is 2. The van der Waals surface area contributed by atoms with Gasteiger partial charge in [0.05, 0.1) is 6.54 Å². The summed E-state index contributed by atoms with van der Waals surface area (Å²) in [6.07, 6.45) is 0. The minimum Gasteiger partial charge on any atom is -0.347 e. The van der Waals surface area contributed by atoms with Gasteiger partial charge >= 0.3 is 0 Å². The average molecular weight is 227 g/mol. The molecule has 1 fully saturated rings. The molecule has 0 bridgehead atoms. The Morgan fingerprint density at radius 1 is 1.31 bits per heavy atom. The van der Waals surface area contributed by atoms with Crippen LogP contribution in [0.25, 0.3) is 0 Å². The van der Waals surface area contributed by atoms with Crippen molar-refractivity contribution in [3.63, 3.8) is 0 Å². The molecule has 0 spiro atoms. The van der Waals surface area contributed by atoms with E-state index in [1.165, 1.54) is 9.80 Å². The first-order chi connectivity index (χ1) is 7.43. The molecular weight excluding hydrogens is 206 g/mol. The SMILES string of the molecule is CC(C(=O)N(C)CC(=O)N(C)C)C1CNC1. The van der Waals surface area contributed by atoms with Crippen molar-refractivity contribution in [3.8, 4) is 0 Å². The maximum absolute atomic E-state index is 12.0. The molecule has 1 heterocycles. The Morgan fingerprint density at radius 2 is 1.88 bits per heavy atom. The fourth-order valence-electron chi connectivity index (χ4n) is 1.64. The van der Waals surface area contributed by atoms with Crippen molar-refractivity contribution in [1.82, 2.24) is 15.1 Å². The van der Waals surface area contributed by atoms with E-state index in [-0.39, 0.29) is 24.3 Å². The Labute approximate surface area is 96.8 Å². The topological polar surface area (TPSA) is 52.7 Å². The maximum Gasteiger partial charge on any atom is 0.241 e. The Balaban J connectivity index is 2.43. The number of amides is 2. The molecule has 92 valence electrons. The Kier molecular flexibility index (Phi) is 4.29. The van der Waals surface area contributed by atoms with Crippen molar-refractivity contribution in [1.29, 1.82) is 0 Å². The van der Waals surface area contributed by atoms with Crippen LogP contribution in [-0.4, -0.2) is 62.4 Å². The number of nitrogens with one attached hydrogen (secondary N) is 1. The third-order valence-electron chi connectivity index (χ3n) is 3.16. The van der Waals surface area contributed by atoms with Gasteiger partial charge in [0, 0.05) is 27.1 Å². The molecular formula is C11H21N3O2. The number of nitrogens with zero attached hydrogens (tertiary/aromatic N) is 2. The largest absolute Gasteiger partial charge is 0.347 e. The summed E-state index contributed by atoms with van der Waals surface area (Å²) in [5, 5.41) is 3.15. The molecule has 0 radical (unpaired) electrons. The molecule has 0 aromatic heterocycles. The zero-order chi connectivity index (χ0) is 12.3. The molecule has 0 aromatic carbocycles. The van der Waals surface area contributed by atoms with E-state index >= 15 is 0 Å². The van der Waals surface area contributed by atoms with Gasteiger partial charge in [-0.05, 0) is 19.0 Å². The minimum atomic E-state index is -0.0465. The summed E-state index contributed by atoms with van der Waals surface area (Å²) < 4.78 is 0. The predicted octanol–water partition coefficient (Wildman–Crippen LogP) is -0.611. The summed E-state index contributed by atoms with van der Waals surface area (Å²) in [6, 6.07) is 0. The van der Waals surface area contributed by atoms with E-state index in [0.29, 0.717) is 5.92 Å². The third kappa shape index (κ3) is 2.95. The van der Waals surface area contributed by atoms with Gasteiger partial charge in [-0.25, -0.2) is 0 Å². The van der Waals surface area contributed by atoms with Gasteiger partial charge in [-0.2, -0.15) is 0 Å². The standard InChI is InChI=1S/C11H21N3O2/c1-8(9-5-12-6-9)11(16)14(4)7-10(15)13(2)3/h8-9,12H,5-7H2,1-4H3. The quantitative estimate of drug-likeness (QED) is 0.697. The molecule has 1 atom stereocenters. The molecule has 1 aliphatic rings. The molecule has 16 heavy (non-hydrogen) atoms. The van der Waals surface area contributed by atoms with Gasteiger partial charge in [0.2, 0.25) is 11.8 Å². The summed E-state index contributed by atoms with van der Waals surface area (Å²) in [7, 11) is 5.08. The smallest absolute Gasteiger partial charge is 0.241 e. The fraction of sp³-hybridized carbons (Fsp3) is 0.818. The third-order valence-corrected chi connectivity index (χ3v) is 3.16. The number of carbonyl (C=O) groups excluding carboxylic acids is 2. The molecule has 1 unspecified atom stereocenters. The Morgan fingerprint density at radius 3 is 2.25 bits per heavy atom. The highest BCUT2D eigenvalue weighted by Crippen LogP contribution is 2.17. The van der Waals surface area contributed by atoms with Crippen LogP contribution in [0, 0.1) is 11.8 Å². The molecule has 1 N–H and O–H groups in total. The van der Waals surface area contributed by atoms with E-state index in [1.54, 1.807) is 21.1 Å². The number of hydrogen-bond acceptors (Lipinski definition) is 3. The first-order valence-electron chi connectivity index (χ1n) is 5.59. The molecule has 0 aromatic rings. The fourth-order valence-corrected chi connectivity index (χ4v) is 1.64. The van der Waals surface area contributed by atoms with E-state index in [1.807, 2.05) is 6.92 Å². The van der Waals surface area contributed by atoms with Gasteiger partial charge in [0.1, 0.15) is 0 Å². The van der Waals surface area contributed by atoms with Crippen molar-refractivity contribution >= 4 is 11.8 Å². The molecule has 5 nitrogen and oxygen atoms in total. The average Bonchev–Trinajstić information content (AvgIpc) is 2.13. The second-order valence-corrected chi connectivity index (χ2v) is 4.69.